The molecule has 0 N–H and O–H groups in total. The molecule has 0 bridgehead atoms. The van der Waals surface area contributed by atoms with Crippen LogP contribution in [-0.4, -0.2) is 72.4 Å². The van der Waals surface area contributed by atoms with Gasteiger partial charge < -0.3 is 19.4 Å². The van der Waals surface area contributed by atoms with Crippen molar-refractivity contribution < 1.29 is 4.74 Å². The third kappa shape index (κ3) is 3.63. The van der Waals surface area contributed by atoms with Gasteiger partial charge in [-0.25, -0.2) is 15.0 Å². The SMILES string of the molecule is Cc1cncc(N2CCN(c3cc(N4CCOCC4)ncn3)CC2)n1. The highest BCUT2D eigenvalue weighted by Crippen LogP contribution is 2.21. The molecule has 0 amide bonds. The summed E-state index contributed by atoms with van der Waals surface area (Å²) in [6.45, 7) is 8.91. The molecule has 2 saturated heterocycles. The predicted molar refractivity (Wildman–Crippen MR) is 96.3 cm³/mol. The summed E-state index contributed by atoms with van der Waals surface area (Å²) in [6.07, 6.45) is 5.29. The predicted octanol–water partition coefficient (Wildman–Crippen LogP) is 0.738. The molecule has 25 heavy (non-hydrogen) atoms. The Kier molecular flexibility index (Phi) is 4.60. The van der Waals surface area contributed by atoms with Crippen molar-refractivity contribution >= 4 is 17.5 Å². The molecule has 0 radical (unpaired) electrons. The van der Waals surface area contributed by atoms with Crippen molar-refractivity contribution in [2.45, 2.75) is 6.92 Å². The summed E-state index contributed by atoms with van der Waals surface area (Å²) < 4.78 is 5.42. The lowest BCUT2D eigenvalue weighted by atomic mass is 10.3. The first-order valence-corrected chi connectivity index (χ1v) is 8.73. The van der Waals surface area contributed by atoms with Gasteiger partial charge in [0.15, 0.2) is 0 Å². The molecule has 132 valence electrons. The fourth-order valence-corrected chi connectivity index (χ4v) is 3.24. The van der Waals surface area contributed by atoms with Crippen molar-refractivity contribution in [2.24, 2.45) is 0 Å². The largest absolute Gasteiger partial charge is 0.378 e. The van der Waals surface area contributed by atoms with Gasteiger partial charge in [0.05, 0.1) is 25.1 Å². The van der Waals surface area contributed by atoms with Crippen LogP contribution in [0, 0.1) is 6.92 Å². The van der Waals surface area contributed by atoms with E-state index in [2.05, 4.69) is 40.7 Å². The second kappa shape index (κ2) is 7.18. The van der Waals surface area contributed by atoms with Gasteiger partial charge in [0.25, 0.3) is 0 Å². The second-order valence-corrected chi connectivity index (χ2v) is 6.33. The number of nitrogens with zero attached hydrogens (tertiary/aromatic N) is 7. The smallest absolute Gasteiger partial charge is 0.147 e. The molecule has 2 aromatic rings. The van der Waals surface area contributed by atoms with Crippen molar-refractivity contribution in [3.05, 3.63) is 30.5 Å². The summed E-state index contributed by atoms with van der Waals surface area (Å²) in [5.74, 6) is 2.93. The maximum Gasteiger partial charge on any atom is 0.147 e. The van der Waals surface area contributed by atoms with Crippen molar-refractivity contribution in [3.8, 4) is 0 Å². The molecule has 8 heteroatoms. The Bertz CT molecular complexity index is 712. The lowest BCUT2D eigenvalue weighted by molar-refractivity contribution is 0.122. The Morgan fingerprint density at radius 1 is 0.800 bits per heavy atom. The van der Waals surface area contributed by atoms with Crippen LogP contribution in [0.4, 0.5) is 17.5 Å². The molecule has 2 fully saturated rings. The molecule has 0 saturated carbocycles. The minimum absolute atomic E-state index is 0.759. The van der Waals surface area contributed by atoms with E-state index in [0.717, 1.165) is 75.6 Å². The fraction of sp³-hybridized carbons (Fsp3) is 0.529. The van der Waals surface area contributed by atoms with Crippen LogP contribution >= 0.6 is 0 Å². The van der Waals surface area contributed by atoms with Crippen LogP contribution in [0.3, 0.4) is 0 Å². The highest BCUT2D eigenvalue weighted by Gasteiger charge is 2.21. The molecule has 2 aromatic heterocycles. The van der Waals surface area contributed by atoms with Crippen LogP contribution in [0.2, 0.25) is 0 Å². The van der Waals surface area contributed by atoms with Crippen LogP contribution in [0.5, 0.6) is 0 Å². The third-order valence-electron chi connectivity index (χ3n) is 4.64. The quantitative estimate of drug-likeness (QED) is 0.810. The summed E-state index contributed by atoms with van der Waals surface area (Å²) >= 11 is 0. The molecule has 2 aliphatic rings. The highest BCUT2D eigenvalue weighted by molar-refractivity contribution is 5.51. The second-order valence-electron chi connectivity index (χ2n) is 6.33. The van der Waals surface area contributed by atoms with Gasteiger partial charge in [-0.2, -0.15) is 0 Å². The van der Waals surface area contributed by atoms with Crippen LogP contribution < -0.4 is 14.7 Å². The number of aromatic nitrogens is 4. The summed E-state index contributed by atoms with van der Waals surface area (Å²) in [5, 5.41) is 0. The van der Waals surface area contributed by atoms with Gasteiger partial charge in [0.2, 0.25) is 0 Å². The van der Waals surface area contributed by atoms with E-state index in [1.54, 1.807) is 12.5 Å². The van der Waals surface area contributed by atoms with E-state index >= 15 is 0 Å². The number of hydrogen-bond acceptors (Lipinski definition) is 8. The summed E-state index contributed by atoms with van der Waals surface area (Å²) in [6, 6.07) is 2.09. The van der Waals surface area contributed by atoms with Crippen LogP contribution in [-0.2, 0) is 4.74 Å². The van der Waals surface area contributed by atoms with Gasteiger partial charge in [-0.15, -0.1) is 0 Å². The number of rotatable bonds is 3. The number of ether oxygens (including phenoxy) is 1. The molecule has 0 aliphatic carbocycles. The van der Waals surface area contributed by atoms with Crippen molar-refractivity contribution in [2.75, 3.05) is 67.2 Å². The average molecular weight is 341 g/mol. The van der Waals surface area contributed by atoms with E-state index in [0.29, 0.717) is 0 Å². The topological polar surface area (TPSA) is 70.5 Å². The van der Waals surface area contributed by atoms with E-state index in [1.807, 2.05) is 13.1 Å². The van der Waals surface area contributed by atoms with E-state index < -0.39 is 0 Å². The Morgan fingerprint density at radius 3 is 2.04 bits per heavy atom. The van der Waals surface area contributed by atoms with E-state index in [4.69, 9.17) is 4.74 Å². The van der Waals surface area contributed by atoms with Crippen molar-refractivity contribution in [3.63, 3.8) is 0 Å². The maximum atomic E-state index is 5.42. The van der Waals surface area contributed by atoms with Gasteiger partial charge in [-0.1, -0.05) is 0 Å². The number of piperazine rings is 1. The summed E-state index contributed by atoms with van der Waals surface area (Å²) in [7, 11) is 0. The van der Waals surface area contributed by atoms with E-state index in [1.165, 1.54) is 0 Å². The first-order chi connectivity index (χ1) is 12.3. The monoisotopic (exact) mass is 341 g/mol. The normalized spacial score (nSPS) is 18.5. The molecule has 4 heterocycles. The fourth-order valence-electron chi connectivity index (χ4n) is 3.24. The zero-order chi connectivity index (χ0) is 17.1. The van der Waals surface area contributed by atoms with Gasteiger partial charge in [-0.3, -0.25) is 4.98 Å². The first-order valence-electron chi connectivity index (χ1n) is 8.73. The molecule has 0 unspecified atom stereocenters. The lowest BCUT2D eigenvalue weighted by Crippen LogP contribution is -2.47. The van der Waals surface area contributed by atoms with Crippen LogP contribution in [0.15, 0.2) is 24.8 Å². The van der Waals surface area contributed by atoms with Crippen LogP contribution in [0.25, 0.3) is 0 Å². The van der Waals surface area contributed by atoms with Gasteiger partial charge in [0, 0.05) is 51.5 Å². The van der Waals surface area contributed by atoms with Gasteiger partial charge >= 0.3 is 0 Å². The Balaban J connectivity index is 1.42. The lowest BCUT2D eigenvalue weighted by Gasteiger charge is -2.36. The third-order valence-corrected chi connectivity index (χ3v) is 4.64. The van der Waals surface area contributed by atoms with E-state index in [-0.39, 0.29) is 0 Å². The highest BCUT2D eigenvalue weighted by atomic mass is 16.5. The van der Waals surface area contributed by atoms with E-state index in [9.17, 15) is 0 Å². The molecule has 0 spiro atoms. The number of aryl methyl sites for hydroxylation is 1. The number of morpholine rings is 1. The Morgan fingerprint density at radius 2 is 1.40 bits per heavy atom. The number of anilines is 3. The van der Waals surface area contributed by atoms with Crippen molar-refractivity contribution in [1.29, 1.82) is 0 Å². The molecular weight excluding hydrogens is 318 g/mol. The zero-order valence-electron chi connectivity index (χ0n) is 14.5. The molecule has 2 aliphatic heterocycles. The molecule has 0 aromatic carbocycles. The first kappa shape index (κ1) is 16.0. The number of hydrogen-bond donors (Lipinski definition) is 0. The van der Waals surface area contributed by atoms with Gasteiger partial charge in [0.1, 0.15) is 23.8 Å². The maximum absolute atomic E-state index is 5.42. The Labute approximate surface area is 147 Å². The van der Waals surface area contributed by atoms with Crippen molar-refractivity contribution in [1.82, 2.24) is 19.9 Å². The summed E-state index contributed by atoms with van der Waals surface area (Å²) in [4.78, 5) is 24.6. The zero-order valence-corrected chi connectivity index (χ0v) is 14.5. The summed E-state index contributed by atoms with van der Waals surface area (Å²) in [5.41, 5.74) is 0.950. The standard InChI is InChI=1S/C17H23N7O/c1-14-11-18-12-17(21-14)23-4-2-22(3-5-23)15-10-16(20-13-19-15)24-6-8-25-9-7-24/h10-13H,2-9H2,1H3. The van der Waals surface area contributed by atoms with Crippen LogP contribution in [0.1, 0.15) is 5.69 Å². The molecular formula is C17H23N7O. The molecule has 8 nitrogen and oxygen atoms in total. The molecule has 4 rings (SSSR count). The molecule has 0 atom stereocenters. The Hall–Kier alpha value is -2.48. The minimum Gasteiger partial charge on any atom is -0.378 e. The van der Waals surface area contributed by atoms with Gasteiger partial charge in [-0.05, 0) is 6.92 Å². The average Bonchev–Trinajstić information content (AvgIpc) is 2.69. The minimum atomic E-state index is 0.759.